The molecule has 0 aliphatic carbocycles. The quantitative estimate of drug-likeness (QED) is 0.317. The number of ether oxygens (including phenoxy) is 1. The Morgan fingerprint density at radius 3 is 2.40 bits per heavy atom. The van der Waals surface area contributed by atoms with E-state index >= 15 is 0 Å². The third-order valence-corrected chi connectivity index (χ3v) is 5.26. The molecule has 0 spiro atoms. The number of carbonyl (C=O) groups is 2. The predicted octanol–water partition coefficient (Wildman–Crippen LogP) is 4.83. The van der Waals surface area contributed by atoms with Crippen LogP contribution in [0, 0.1) is 0 Å². The summed E-state index contributed by atoms with van der Waals surface area (Å²) in [6.07, 6.45) is 0. The van der Waals surface area contributed by atoms with Crippen molar-refractivity contribution in [2.75, 3.05) is 6.61 Å². The van der Waals surface area contributed by atoms with E-state index in [2.05, 4.69) is 10.3 Å². The summed E-state index contributed by atoms with van der Waals surface area (Å²) < 4.78 is 6.92. The van der Waals surface area contributed by atoms with E-state index in [9.17, 15) is 9.59 Å². The highest BCUT2D eigenvalue weighted by Gasteiger charge is 2.13. The zero-order valence-electron chi connectivity index (χ0n) is 15.6. The lowest BCUT2D eigenvalue weighted by atomic mass is 10.1. The zero-order valence-corrected chi connectivity index (χ0v) is 17.1. The largest absolute Gasteiger partial charge is 0.454 e. The molecule has 0 amide bonds. The maximum atomic E-state index is 12.3. The van der Waals surface area contributed by atoms with E-state index < -0.39 is 5.97 Å². The van der Waals surface area contributed by atoms with Crippen molar-refractivity contribution >= 4 is 46.0 Å². The van der Waals surface area contributed by atoms with E-state index in [-0.39, 0.29) is 17.4 Å². The minimum absolute atomic E-state index is 0.268. The van der Waals surface area contributed by atoms with Gasteiger partial charge in [0.2, 0.25) is 0 Å². The zero-order chi connectivity index (χ0) is 21.1. The van der Waals surface area contributed by atoms with Crippen molar-refractivity contribution in [3.8, 4) is 0 Å². The van der Waals surface area contributed by atoms with Gasteiger partial charge in [0, 0.05) is 5.56 Å². The van der Waals surface area contributed by atoms with Crippen LogP contribution in [0.1, 0.15) is 26.3 Å². The molecule has 0 saturated heterocycles. The molecule has 1 heterocycles. The Morgan fingerprint density at radius 2 is 1.63 bits per heavy atom. The molecule has 0 bridgehead atoms. The van der Waals surface area contributed by atoms with Crippen LogP contribution in [0.3, 0.4) is 0 Å². The summed E-state index contributed by atoms with van der Waals surface area (Å²) in [5.41, 5.74) is 3.39. The second kappa shape index (κ2) is 8.65. The molecule has 150 valence electrons. The summed E-state index contributed by atoms with van der Waals surface area (Å²) in [6, 6.07) is 19.1. The van der Waals surface area contributed by atoms with Crippen LogP contribution in [0.15, 0.2) is 66.7 Å². The Balaban J connectivity index is 1.38. The Labute approximate surface area is 182 Å². The molecule has 0 N–H and O–H groups in total. The Bertz CT molecular complexity index is 1240. The summed E-state index contributed by atoms with van der Waals surface area (Å²) in [5.74, 6) is -0.947. The van der Waals surface area contributed by atoms with Gasteiger partial charge in [0.15, 0.2) is 12.4 Å². The fourth-order valence-corrected chi connectivity index (χ4v) is 3.22. The van der Waals surface area contributed by atoms with Crippen molar-refractivity contribution < 1.29 is 14.3 Å². The number of halogens is 2. The van der Waals surface area contributed by atoms with Crippen molar-refractivity contribution in [1.82, 2.24) is 15.0 Å². The van der Waals surface area contributed by atoms with Crippen molar-refractivity contribution in [2.24, 2.45) is 0 Å². The van der Waals surface area contributed by atoms with E-state index in [0.717, 1.165) is 16.6 Å². The van der Waals surface area contributed by atoms with Crippen LogP contribution >= 0.6 is 23.2 Å². The molecule has 0 aliphatic rings. The lowest BCUT2D eigenvalue weighted by molar-refractivity contribution is 0.0475. The third-order valence-electron chi connectivity index (χ3n) is 4.52. The van der Waals surface area contributed by atoms with Crippen LogP contribution in [0.2, 0.25) is 10.0 Å². The summed E-state index contributed by atoms with van der Waals surface area (Å²) in [7, 11) is 0. The van der Waals surface area contributed by atoms with E-state index in [0.29, 0.717) is 22.7 Å². The van der Waals surface area contributed by atoms with Gasteiger partial charge in [-0.15, -0.1) is 5.10 Å². The number of esters is 1. The van der Waals surface area contributed by atoms with Gasteiger partial charge in [0.1, 0.15) is 5.52 Å². The van der Waals surface area contributed by atoms with E-state index in [1.54, 1.807) is 16.8 Å². The van der Waals surface area contributed by atoms with Crippen LogP contribution in [-0.2, 0) is 11.3 Å². The van der Waals surface area contributed by atoms with Gasteiger partial charge in [-0.3, -0.25) is 4.79 Å². The molecule has 3 aromatic carbocycles. The number of aromatic nitrogens is 3. The average Bonchev–Trinajstić information content (AvgIpc) is 3.17. The van der Waals surface area contributed by atoms with Crippen molar-refractivity contribution in [1.29, 1.82) is 0 Å². The van der Waals surface area contributed by atoms with Crippen LogP contribution in [0.4, 0.5) is 0 Å². The van der Waals surface area contributed by atoms with Crippen molar-refractivity contribution in [2.45, 2.75) is 6.54 Å². The number of Topliss-reactive ketones (excluding diaryl/α,β-unsaturated/α-hetero) is 1. The summed E-state index contributed by atoms with van der Waals surface area (Å²) in [5, 5.41) is 8.90. The Morgan fingerprint density at radius 1 is 0.900 bits per heavy atom. The van der Waals surface area contributed by atoms with Crippen LogP contribution < -0.4 is 0 Å². The summed E-state index contributed by atoms with van der Waals surface area (Å²) in [6.45, 7) is 0.134. The predicted molar refractivity (Wildman–Crippen MR) is 114 cm³/mol. The lowest BCUT2D eigenvalue weighted by Gasteiger charge is -2.07. The molecule has 0 fully saturated rings. The lowest BCUT2D eigenvalue weighted by Crippen LogP contribution is -2.14. The molecule has 0 atom stereocenters. The van der Waals surface area contributed by atoms with Gasteiger partial charge in [-0.25, -0.2) is 9.48 Å². The second-order valence-corrected chi connectivity index (χ2v) is 7.38. The molecular formula is C22H15Cl2N3O3. The number of para-hydroxylation sites is 1. The molecule has 8 heteroatoms. The van der Waals surface area contributed by atoms with Gasteiger partial charge in [0.25, 0.3) is 0 Å². The molecule has 6 nitrogen and oxygen atoms in total. The highest BCUT2D eigenvalue weighted by Crippen LogP contribution is 2.23. The topological polar surface area (TPSA) is 74.1 Å². The highest BCUT2D eigenvalue weighted by molar-refractivity contribution is 6.42. The monoisotopic (exact) mass is 439 g/mol. The molecule has 0 radical (unpaired) electrons. The minimum atomic E-state index is -0.582. The van der Waals surface area contributed by atoms with E-state index in [1.807, 2.05) is 36.4 Å². The maximum absolute atomic E-state index is 12.3. The average molecular weight is 440 g/mol. The number of rotatable bonds is 6. The number of hydrogen-bond donors (Lipinski definition) is 0. The highest BCUT2D eigenvalue weighted by atomic mass is 35.5. The van der Waals surface area contributed by atoms with Crippen molar-refractivity contribution in [3.05, 3.63) is 93.5 Å². The maximum Gasteiger partial charge on any atom is 0.338 e. The smallest absolute Gasteiger partial charge is 0.338 e. The van der Waals surface area contributed by atoms with E-state index in [4.69, 9.17) is 27.9 Å². The Kier molecular flexibility index (Phi) is 5.79. The number of fused-ring (bicyclic) bond motifs is 1. The molecule has 0 saturated carbocycles. The SMILES string of the molecule is O=C(COC(=O)c1ccc(Cn2nnc3ccccc32)cc1)c1ccc(Cl)c(Cl)c1. The van der Waals surface area contributed by atoms with Crippen LogP contribution in [0.5, 0.6) is 0 Å². The standard InChI is InChI=1S/C22H15Cl2N3O3/c23-17-10-9-16(11-18(17)24)21(28)13-30-22(29)15-7-5-14(6-8-15)12-27-20-4-2-1-3-19(20)25-26-27/h1-11H,12-13H2. The van der Waals surface area contributed by atoms with Gasteiger partial charge in [-0.1, -0.05) is 52.7 Å². The summed E-state index contributed by atoms with van der Waals surface area (Å²) >= 11 is 11.8. The minimum Gasteiger partial charge on any atom is -0.454 e. The van der Waals surface area contributed by atoms with Crippen LogP contribution in [0.25, 0.3) is 11.0 Å². The van der Waals surface area contributed by atoms with E-state index in [1.165, 1.54) is 18.2 Å². The van der Waals surface area contributed by atoms with Crippen molar-refractivity contribution in [3.63, 3.8) is 0 Å². The van der Waals surface area contributed by atoms with Gasteiger partial charge < -0.3 is 4.74 Å². The molecule has 1 aromatic heterocycles. The number of benzene rings is 3. The number of nitrogens with zero attached hydrogens (tertiary/aromatic N) is 3. The number of hydrogen-bond acceptors (Lipinski definition) is 5. The Hall–Kier alpha value is -3.22. The molecule has 4 aromatic rings. The van der Waals surface area contributed by atoms with Gasteiger partial charge >= 0.3 is 5.97 Å². The molecule has 30 heavy (non-hydrogen) atoms. The second-order valence-electron chi connectivity index (χ2n) is 6.56. The fraction of sp³-hybridized carbons (Fsp3) is 0.0909. The number of carbonyl (C=O) groups excluding carboxylic acids is 2. The van der Waals surface area contributed by atoms with Gasteiger partial charge in [0.05, 0.1) is 27.7 Å². The summed E-state index contributed by atoms with van der Waals surface area (Å²) in [4.78, 5) is 24.4. The molecule has 4 rings (SSSR count). The molecule has 0 aliphatic heterocycles. The first kappa shape index (κ1) is 20.1. The third kappa shape index (κ3) is 4.35. The molecular weight excluding hydrogens is 425 g/mol. The first-order valence-corrected chi connectivity index (χ1v) is 9.79. The normalized spacial score (nSPS) is 10.9. The first-order valence-electron chi connectivity index (χ1n) is 9.04. The van der Waals surface area contributed by atoms with Gasteiger partial charge in [-0.05, 0) is 48.0 Å². The first-order chi connectivity index (χ1) is 14.5. The fourth-order valence-electron chi connectivity index (χ4n) is 2.92. The number of ketones is 1. The molecule has 0 unspecified atom stereocenters. The van der Waals surface area contributed by atoms with Gasteiger partial charge in [-0.2, -0.15) is 0 Å². The van der Waals surface area contributed by atoms with Crippen LogP contribution in [-0.4, -0.2) is 33.4 Å².